The van der Waals surface area contributed by atoms with E-state index in [9.17, 15) is 9.90 Å². The Morgan fingerprint density at radius 3 is 2.66 bits per heavy atom. The number of carbonyl (C=O) groups excluding carboxylic acids is 1. The van der Waals surface area contributed by atoms with Crippen molar-refractivity contribution < 1.29 is 32.8 Å². The molecular formula is C25H33ClFN6O6PS. The number of carbonyl (C=O) groups is 1. The van der Waals surface area contributed by atoms with Crippen LogP contribution in [-0.2, 0) is 30.6 Å². The first-order chi connectivity index (χ1) is 19.4. The van der Waals surface area contributed by atoms with Crippen molar-refractivity contribution in [3.8, 4) is 5.75 Å². The van der Waals surface area contributed by atoms with E-state index in [4.69, 9.17) is 41.9 Å². The summed E-state index contributed by atoms with van der Waals surface area (Å²) >= 11 is 12.0. The summed E-state index contributed by atoms with van der Waals surface area (Å²) in [6.07, 6.45) is -3.96. The van der Waals surface area contributed by atoms with Crippen molar-refractivity contribution in [3.05, 3.63) is 42.5 Å². The van der Waals surface area contributed by atoms with E-state index < -0.39 is 49.4 Å². The number of nitrogens with zero attached hydrogens (tertiary/aromatic N) is 4. The van der Waals surface area contributed by atoms with Crippen LogP contribution >= 0.6 is 18.2 Å². The number of aromatic nitrogens is 4. The van der Waals surface area contributed by atoms with Crippen molar-refractivity contribution >= 4 is 53.0 Å². The standard InChI is InChI=1S/C25H33ClFN6O6PS/c1-14(2)37-24(35)15(3)32-40(41,39-17-9-7-6-8-10-17)36-12-25(11-26)20(34)18(27)23(38-25)33-13-29-19-21(28-5)30-16(4)31-22(19)33/h6-10,13-15,18,20,23,34H,11-12H2,1-5H3,(H,32,41)(H,28,30,31)/t15-,18+,20+,23-,25-,40-/m1/s1. The molecule has 4 rings (SSSR count). The summed E-state index contributed by atoms with van der Waals surface area (Å²) in [7, 11) is 1.68. The number of alkyl halides is 2. The molecule has 1 aliphatic heterocycles. The van der Waals surface area contributed by atoms with Gasteiger partial charge in [-0.15, -0.1) is 11.6 Å². The maximum Gasteiger partial charge on any atom is 0.323 e. The van der Waals surface area contributed by atoms with Crippen LogP contribution < -0.4 is 14.9 Å². The molecule has 0 bridgehead atoms. The van der Waals surface area contributed by atoms with Gasteiger partial charge in [0.1, 0.15) is 29.3 Å². The smallest absolute Gasteiger partial charge is 0.323 e. The molecule has 1 aliphatic rings. The molecule has 0 aliphatic carbocycles. The van der Waals surface area contributed by atoms with Crippen LogP contribution in [0.15, 0.2) is 36.7 Å². The number of esters is 1. The van der Waals surface area contributed by atoms with E-state index in [1.807, 2.05) is 0 Å². The monoisotopic (exact) mass is 630 g/mol. The van der Waals surface area contributed by atoms with Crippen LogP contribution in [0.1, 0.15) is 32.8 Å². The first-order valence-corrected chi connectivity index (χ1v) is 16.0. The molecule has 3 heterocycles. The lowest BCUT2D eigenvalue weighted by molar-refractivity contribution is -0.149. The maximum absolute atomic E-state index is 15.7. The van der Waals surface area contributed by atoms with Gasteiger partial charge in [0.05, 0.1) is 24.9 Å². The number of fused-ring (bicyclic) bond motifs is 1. The van der Waals surface area contributed by atoms with Crippen LogP contribution in [0.2, 0.25) is 0 Å². The van der Waals surface area contributed by atoms with Gasteiger partial charge in [0.25, 0.3) is 0 Å². The van der Waals surface area contributed by atoms with Gasteiger partial charge in [-0.1, -0.05) is 18.2 Å². The summed E-state index contributed by atoms with van der Waals surface area (Å²) in [6.45, 7) is 2.71. The summed E-state index contributed by atoms with van der Waals surface area (Å²) in [5.74, 6) is 0.357. The Morgan fingerprint density at radius 2 is 2.02 bits per heavy atom. The van der Waals surface area contributed by atoms with Crippen molar-refractivity contribution in [2.24, 2.45) is 0 Å². The van der Waals surface area contributed by atoms with Gasteiger partial charge in [-0.3, -0.25) is 9.36 Å². The normalized spacial score (nSPS) is 24.8. The minimum absolute atomic E-state index is 0.310. The molecular weight excluding hydrogens is 598 g/mol. The van der Waals surface area contributed by atoms with E-state index in [0.717, 1.165) is 0 Å². The third kappa shape index (κ3) is 6.80. The van der Waals surface area contributed by atoms with Crippen LogP contribution in [0.4, 0.5) is 10.2 Å². The Bertz CT molecular complexity index is 1420. The second-order valence-electron chi connectivity index (χ2n) is 9.80. The largest absolute Gasteiger partial charge is 0.462 e. The summed E-state index contributed by atoms with van der Waals surface area (Å²) < 4.78 is 40.5. The van der Waals surface area contributed by atoms with E-state index in [-0.39, 0.29) is 12.0 Å². The first-order valence-electron chi connectivity index (χ1n) is 12.8. The van der Waals surface area contributed by atoms with Crippen LogP contribution in [0.5, 0.6) is 5.75 Å². The lowest BCUT2D eigenvalue weighted by Crippen LogP contribution is -2.48. The van der Waals surface area contributed by atoms with Crippen molar-refractivity contribution in [2.45, 2.75) is 63.9 Å². The van der Waals surface area contributed by atoms with Crippen LogP contribution in [0, 0.1) is 6.92 Å². The number of para-hydroxylation sites is 1. The summed E-state index contributed by atoms with van der Waals surface area (Å²) in [6, 6.07) is 7.72. The number of benzene rings is 1. The van der Waals surface area contributed by atoms with E-state index in [2.05, 4.69) is 25.4 Å². The fraction of sp³-hybridized carbons (Fsp3) is 0.520. The van der Waals surface area contributed by atoms with Gasteiger partial charge in [0.2, 0.25) is 0 Å². The summed E-state index contributed by atoms with van der Waals surface area (Å²) in [5.41, 5.74) is -1.02. The molecule has 12 nitrogen and oxygen atoms in total. The fourth-order valence-electron chi connectivity index (χ4n) is 4.21. The average molecular weight is 631 g/mol. The first kappa shape index (κ1) is 31.5. The zero-order valence-electron chi connectivity index (χ0n) is 23.2. The number of imidazole rings is 1. The Morgan fingerprint density at radius 1 is 1.32 bits per heavy atom. The number of aliphatic hydroxyl groups excluding tert-OH is 1. The van der Waals surface area contributed by atoms with Crippen molar-refractivity contribution in [1.82, 2.24) is 24.6 Å². The number of aliphatic hydroxyl groups is 1. The van der Waals surface area contributed by atoms with Gasteiger partial charge in [0, 0.05) is 7.05 Å². The van der Waals surface area contributed by atoms with Crippen LogP contribution in [0.3, 0.4) is 0 Å². The molecule has 0 radical (unpaired) electrons. The minimum atomic E-state index is -3.52. The van der Waals surface area contributed by atoms with Crippen LogP contribution in [0.25, 0.3) is 11.2 Å². The lowest BCUT2D eigenvalue weighted by Gasteiger charge is -2.33. The van der Waals surface area contributed by atoms with Gasteiger partial charge < -0.3 is 28.9 Å². The molecule has 41 heavy (non-hydrogen) atoms. The number of hydrogen-bond acceptors (Lipinski definition) is 11. The predicted octanol–water partition coefficient (Wildman–Crippen LogP) is 3.63. The van der Waals surface area contributed by atoms with E-state index >= 15 is 4.39 Å². The number of halogens is 2. The van der Waals surface area contributed by atoms with Crippen molar-refractivity contribution in [1.29, 1.82) is 0 Å². The Hall–Kier alpha value is -2.45. The highest BCUT2D eigenvalue weighted by Gasteiger charge is 2.57. The zero-order valence-corrected chi connectivity index (χ0v) is 25.6. The molecule has 1 fully saturated rings. The quantitative estimate of drug-likeness (QED) is 0.153. The Balaban J connectivity index is 1.61. The molecule has 0 amide bonds. The third-order valence-corrected chi connectivity index (χ3v) is 9.18. The van der Waals surface area contributed by atoms with Crippen molar-refractivity contribution in [2.75, 3.05) is 24.9 Å². The summed E-state index contributed by atoms with van der Waals surface area (Å²) in [5, 5.41) is 16.9. The number of aryl methyl sites for hydroxylation is 1. The SMILES string of the molecule is CNc1nc(C)nc2c1ncn2[C@@H]1O[C@](CCl)(CO[P@](=S)(N[C@H](C)C(=O)OC(C)C)Oc2ccccc2)[C@@H](O)[C@@H]1F. The maximum atomic E-state index is 15.7. The van der Waals surface area contributed by atoms with Gasteiger partial charge >= 0.3 is 12.6 Å². The highest BCUT2D eigenvalue weighted by Crippen LogP contribution is 2.49. The van der Waals surface area contributed by atoms with E-state index in [1.54, 1.807) is 65.1 Å². The number of ether oxygens (including phenoxy) is 2. The molecule has 1 aromatic carbocycles. The molecule has 3 aromatic rings. The number of hydrogen-bond donors (Lipinski definition) is 3. The Labute approximate surface area is 247 Å². The second kappa shape index (κ2) is 12.8. The van der Waals surface area contributed by atoms with E-state index in [1.165, 1.54) is 10.9 Å². The molecule has 3 N–H and O–H groups in total. The second-order valence-corrected chi connectivity index (χ2v) is 13.2. The zero-order chi connectivity index (χ0) is 29.9. The predicted molar refractivity (Wildman–Crippen MR) is 155 cm³/mol. The summed E-state index contributed by atoms with van der Waals surface area (Å²) in [4.78, 5) is 25.5. The van der Waals surface area contributed by atoms with Gasteiger partial charge in [-0.25, -0.2) is 24.4 Å². The van der Waals surface area contributed by atoms with Gasteiger partial charge in [-0.05, 0) is 51.6 Å². The number of rotatable bonds is 12. The highest BCUT2D eigenvalue weighted by molar-refractivity contribution is 8.09. The fourth-order valence-corrected chi connectivity index (χ4v) is 6.95. The topological polar surface area (TPSA) is 142 Å². The molecule has 6 atom stereocenters. The van der Waals surface area contributed by atoms with Gasteiger partial charge in [0.15, 0.2) is 29.4 Å². The molecule has 0 unspecified atom stereocenters. The van der Waals surface area contributed by atoms with Crippen molar-refractivity contribution in [3.63, 3.8) is 0 Å². The van der Waals surface area contributed by atoms with E-state index in [0.29, 0.717) is 28.6 Å². The third-order valence-electron chi connectivity index (χ3n) is 6.24. The van der Waals surface area contributed by atoms with Gasteiger partial charge in [-0.2, -0.15) is 0 Å². The number of nitrogens with one attached hydrogen (secondary N) is 2. The number of anilines is 1. The molecule has 2 aromatic heterocycles. The molecule has 1 saturated heterocycles. The molecule has 0 saturated carbocycles. The van der Waals surface area contributed by atoms with Crippen LogP contribution in [-0.4, -0.2) is 80.2 Å². The molecule has 224 valence electrons. The average Bonchev–Trinajstić information content (AvgIpc) is 3.46. The highest BCUT2D eigenvalue weighted by atomic mass is 35.5. The minimum Gasteiger partial charge on any atom is -0.462 e. The molecule has 0 spiro atoms. The lowest BCUT2D eigenvalue weighted by atomic mass is 9.99. The Kier molecular flexibility index (Phi) is 9.85. The molecule has 16 heteroatoms.